The quantitative estimate of drug-likeness (QED) is 0.702. The van der Waals surface area contributed by atoms with Crippen LogP contribution in [-0.2, 0) is 4.79 Å². The molecule has 0 atom stereocenters. The highest BCUT2D eigenvalue weighted by atomic mass is 35.5. The van der Waals surface area contributed by atoms with Crippen LogP contribution in [0.4, 0.5) is 0 Å². The molecule has 0 heterocycles. The number of nitrogens with zero attached hydrogens (tertiary/aromatic N) is 1. The molecule has 1 amide bonds. The Balaban J connectivity index is 3.08. The summed E-state index contributed by atoms with van der Waals surface area (Å²) in [6.45, 7) is 11.7. The van der Waals surface area contributed by atoms with Gasteiger partial charge in [0.15, 0.2) is 0 Å². The second-order valence-electron chi connectivity index (χ2n) is 6.34. The van der Waals surface area contributed by atoms with Crippen LogP contribution in [0, 0.1) is 11.3 Å². The lowest BCUT2D eigenvalue weighted by molar-refractivity contribution is -0.127. The van der Waals surface area contributed by atoms with Crippen molar-refractivity contribution in [3.8, 4) is 0 Å². The Morgan fingerprint density at radius 1 is 1.44 bits per heavy atom. The van der Waals surface area contributed by atoms with E-state index in [0.717, 1.165) is 19.4 Å². The Labute approximate surface area is 116 Å². The van der Waals surface area contributed by atoms with Crippen molar-refractivity contribution in [2.45, 2.75) is 53.9 Å². The minimum absolute atomic E-state index is 0.0393. The number of allylic oxidation sites excluding steroid dienone is 2. The third-order valence-electron chi connectivity index (χ3n) is 3.95. The van der Waals surface area contributed by atoms with Crippen LogP contribution in [0.25, 0.3) is 0 Å². The van der Waals surface area contributed by atoms with Gasteiger partial charge in [-0.05, 0) is 43.1 Å². The minimum Gasteiger partial charge on any atom is -0.315 e. The Morgan fingerprint density at radius 3 is 2.56 bits per heavy atom. The van der Waals surface area contributed by atoms with Crippen LogP contribution in [-0.4, -0.2) is 23.2 Å². The smallest absolute Gasteiger partial charge is 0.241 e. The number of halogens is 1. The van der Waals surface area contributed by atoms with E-state index in [-0.39, 0.29) is 17.2 Å². The third-order valence-corrected chi connectivity index (χ3v) is 4.18. The number of hydrogen-bond donors (Lipinski definition) is 0. The second-order valence-corrected chi connectivity index (χ2v) is 6.61. The normalized spacial score (nSPS) is 19.3. The van der Waals surface area contributed by atoms with Crippen molar-refractivity contribution in [2.75, 3.05) is 12.4 Å². The van der Waals surface area contributed by atoms with Crippen molar-refractivity contribution in [2.24, 2.45) is 11.3 Å². The Kier molecular flexibility index (Phi) is 5.27. The summed E-state index contributed by atoms with van der Waals surface area (Å²) in [6.07, 6.45) is 3.36. The van der Waals surface area contributed by atoms with E-state index in [2.05, 4.69) is 34.6 Å². The van der Waals surface area contributed by atoms with Gasteiger partial charge >= 0.3 is 0 Å². The maximum absolute atomic E-state index is 12.1. The molecule has 0 saturated heterocycles. The molecular formula is C15H26ClNO. The average molecular weight is 272 g/mol. The van der Waals surface area contributed by atoms with Gasteiger partial charge in [-0.25, -0.2) is 0 Å². The molecule has 0 spiro atoms. The molecule has 0 aromatic carbocycles. The monoisotopic (exact) mass is 271 g/mol. The fourth-order valence-electron chi connectivity index (χ4n) is 2.60. The van der Waals surface area contributed by atoms with Crippen LogP contribution in [0.5, 0.6) is 0 Å². The molecule has 0 aromatic heterocycles. The summed E-state index contributed by atoms with van der Waals surface area (Å²) in [5.41, 5.74) is 2.77. The second kappa shape index (κ2) is 6.10. The molecule has 0 aromatic rings. The molecule has 1 rings (SSSR count). The molecule has 0 unspecified atom stereocenters. The number of alkyl halides is 1. The molecule has 0 fully saturated rings. The van der Waals surface area contributed by atoms with Gasteiger partial charge in [0, 0.05) is 12.2 Å². The van der Waals surface area contributed by atoms with Gasteiger partial charge in [0.25, 0.3) is 0 Å². The molecule has 0 bridgehead atoms. The molecule has 0 saturated carbocycles. The van der Waals surface area contributed by atoms with E-state index < -0.39 is 0 Å². The van der Waals surface area contributed by atoms with Crippen molar-refractivity contribution < 1.29 is 4.79 Å². The van der Waals surface area contributed by atoms with E-state index in [0.29, 0.717) is 5.92 Å². The first-order valence-electron chi connectivity index (χ1n) is 6.86. The number of amides is 1. The van der Waals surface area contributed by atoms with Gasteiger partial charge in [-0.2, -0.15) is 0 Å². The van der Waals surface area contributed by atoms with Crippen LogP contribution in [0.1, 0.15) is 53.9 Å². The first kappa shape index (κ1) is 15.6. The van der Waals surface area contributed by atoms with Crippen LogP contribution in [0.2, 0.25) is 0 Å². The van der Waals surface area contributed by atoms with Crippen LogP contribution < -0.4 is 0 Å². The summed E-state index contributed by atoms with van der Waals surface area (Å²) in [6, 6.07) is 0. The van der Waals surface area contributed by atoms with Gasteiger partial charge in [-0.1, -0.05) is 27.7 Å². The molecule has 0 aliphatic heterocycles. The Bertz CT molecular complexity index is 344. The molecule has 0 N–H and O–H groups in total. The fourth-order valence-corrected chi connectivity index (χ4v) is 2.74. The molecule has 0 radical (unpaired) electrons. The van der Waals surface area contributed by atoms with Gasteiger partial charge in [0.05, 0.1) is 0 Å². The summed E-state index contributed by atoms with van der Waals surface area (Å²) >= 11 is 5.75. The third kappa shape index (κ3) is 3.50. The topological polar surface area (TPSA) is 20.3 Å². The van der Waals surface area contributed by atoms with E-state index in [9.17, 15) is 4.79 Å². The van der Waals surface area contributed by atoms with E-state index in [1.165, 1.54) is 17.7 Å². The summed E-state index contributed by atoms with van der Waals surface area (Å²) in [4.78, 5) is 14.0. The van der Waals surface area contributed by atoms with Gasteiger partial charge in [-0.3, -0.25) is 4.79 Å². The van der Waals surface area contributed by atoms with E-state index in [1.54, 1.807) is 0 Å². The van der Waals surface area contributed by atoms with Crippen molar-refractivity contribution in [3.05, 3.63) is 11.3 Å². The predicted molar refractivity (Wildman–Crippen MR) is 77.6 cm³/mol. The number of rotatable bonds is 4. The zero-order valence-electron chi connectivity index (χ0n) is 12.3. The molecule has 2 nitrogen and oxygen atoms in total. The number of hydrogen-bond acceptors (Lipinski definition) is 1. The van der Waals surface area contributed by atoms with Gasteiger partial charge < -0.3 is 4.90 Å². The summed E-state index contributed by atoms with van der Waals surface area (Å²) in [5.74, 6) is 0.573. The van der Waals surface area contributed by atoms with E-state index >= 15 is 0 Å². The highest BCUT2D eigenvalue weighted by Crippen LogP contribution is 2.41. The fraction of sp³-hybridized carbons (Fsp3) is 0.800. The summed E-state index contributed by atoms with van der Waals surface area (Å²) in [7, 11) is 0. The number of carbonyl (C=O) groups excluding carboxylic acids is 1. The summed E-state index contributed by atoms with van der Waals surface area (Å²) in [5, 5.41) is 0. The van der Waals surface area contributed by atoms with Crippen LogP contribution >= 0.6 is 11.6 Å². The van der Waals surface area contributed by atoms with Gasteiger partial charge in [0.1, 0.15) is 5.88 Å². The molecular weight excluding hydrogens is 246 g/mol. The van der Waals surface area contributed by atoms with E-state index in [4.69, 9.17) is 11.6 Å². The zero-order chi connectivity index (χ0) is 13.9. The molecule has 3 heteroatoms. The van der Waals surface area contributed by atoms with Crippen molar-refractivity contribution in [1.29, 1.82) is 0 Å². The maximum atomic E-state index is 12.1. The Hall–Kier alpha value is -0.500. The summed E-state index contributed by atoms with van der Waals surface area (Å²) < 4.78 is 0. The SMILES string of the molecule is CC1=C(N(CC(C)C)C(=O)CCl)CCCC1(C)C. The van der Waals surface area contributed by atoms with Crippen molar-refractivity contribution in [1.82, 2.24) is 4.90 Å². The van der Waals surface area contributed by atoms with Gasteiger partial charge in [0.2, 0.25) is 5.91 Å². The molecule has 1 aliphatic rings. The lowest BCUT2D eigenvalue weighted by Gasteiger charge is -2.38. The zero-order valence-corrected chi connectivity index (χ0v) is 13.1. The lowest BCUT2D eigenvalue weighted by Crippen LogP contribution is -2.37. The first-order chi connectivity index (χ1) is 8.29. The largest absolute Gasteiger partial charge is 0.315 e. The molecule has 1 aliphatic carbocycles. The van der Waals surface area contributed by atoms with Crippen LogP contribution in [0.15, 0.2) is 11.3 Å². The van der Waals surface area contributed by atoms with Gasteiger partial charge in [-0.15, -0.1) is 11.6 Å². The molecule has 104 valence electrons. The van der Waals surface area contributed by atoms with Crippen molar-refractivity contribution in [3.63, 3.8) is 0 Å². The first-order valence-corrected chi connectivity index (χ1v) is 7.39. The highest BCUT2D eigenvalue weighted by Gasteiger charge is 2.31. The highest BCUT2D eigenvalue weighted by molar-refractivity contribution is 6.27. The lowest BCUT2D eigenvalue weighted by atomic mass is 9.74. The van der Waals surface area contributed by atoms with Crippen LogP contribution in [0.3, 0.4) is 0 Å². The maximum Gasteiger partial charge on any atom is 0.241 e. The predicted octanol–water partition coefficient (Wildman–Crippen LogP) is 4.19. The minimum atomic E-state index is 0.0393. The Morgan fingerprint density at radius 2 is 2.06 bits per heavy atom. The van der Waals surface area contributed by atoms with E-state index in [1.807, 2.05) is 4.90 Å². The molecule has 18 heavy (non-hydrogen) atoms. The standard InChI is InChI=1S/C15H26ClNO/c1-11(2)10-17(14(18)9-16)13-7-6-8-15(4,5)12(13)3/h11H,6-10H2,1-5H3. The average Bonchev–Trinajstić information content (AvgIpc) is 2.29. The number of carbonyl (C=O) groups is 1. The van der Waals surface area contributed by atoms with Crippen molar-refractivity contribution >= 4 is 17.5 Å².